The van der Waals surface area contributed by atoms with Crippen molar-refractivity contribution >= 4 is 5.96 Å². The summed E-state index contributed by atoms with van der Waals surface area (Å²) in [5, 5.41) is 10.6. The number of aliphatic imine (C=N–C) groups is 1. The van der Waals surface area contributed by atoms with Crippen LogP contribution in [0, 0.1) is 6.92 Å². The quantitative estimate of drug-likeness (QED) is 0.481. The second-order valence-corrected chi connectivity index (χ2v) is 7.23. The van der Waals surface area contributed by atoms with Crippen LogP contribution in [0.2, 0.25) is 0 Å². The highest BCUT2D eigenvalue weighted by Gasteiger charge is 2.25. The van der Waals surface area contributed by atoms with Crippen molar-refractivity contribution in [1.82, 2.24) is 25.4 Å². The fraction of sp³-hybridized carbons (Fsp3) is 0.409. The van der Waals surface area contributed by atoms with Gasteiger partial charge in [0.25, 0.3) is 0 Å². The van der Waals surface area contributed by atoms with Gasteiger partial charge in [0.2, 0.25) is 5.82 Å². The number of guanidine groups is 1. The molecule has 4 rings (SSSR count). The Bertz CT molecular complexity index is 966. The normalized spacial score (nSPS) is 17.3. The Labute approximate surface area is 176 Å². The third kappa shape index (κ3) is 4.71. The number of ether oxygens (including phenoxy) is 1. The fourth-order valence-corrected chi connectivity index (χ4v) is 3.59. The molecule has 2 aromatic heterocycles. The van der Waals surface area contributed by atoms with Gasteiger partial charge in [-0.25, -0.2) is 4.98 Å². The molecule has 0 saturated carbocycles. The molecular weight excluding hydrogens is 380 g/mol. The first-order chi connectivity index (χ1) is 14.7. The maximum Gasteiger partial charge on any atom is 0.216 e. The van der Waals surface area contributed by atoms with E-state index < -0.39 is 0 Å². The third-order valence-corrected chi connectivity index (χ3v) is 5.12. The average Bonchev–Trinajstić information content (AvgIpc) is 3.46. The minimum atomic E-state index is 0.0499. The van der Waals surface area contributed by atoms with E-state index in [9.17, 15) is 0 Å². The van der Waals surface area contributed by atoms with Crippen molar-refractivity contribution in [3.63, 3.8) is 0 Å². The second kappa shape index (κ2) is 9.58. The van der Waals surface area contributed by atoms with Crippen molar-refractivity contribution in [2.24, 2.45) is 4.99 Å². The van der Waals surface area contributed by atoms with Crippen molar-refractivity contribution in [2.75, 3.05) is 32.8 Å². The standard InChI is InChI=1S/C22H28N6O2/c1-3-23-22(24-11-10-20-25-21(27-26-20)18-9-6-13-29-18)28-12-14-30-19(15-28)17-8-5-4-7-16(17)2/h4-9,13,19H,3,10-12,14-15H2,1-2H3,(H,23,24)(H,25,26,27). The summed E-state index contributed by atoms with van der Waals surface area (Å²) in [7, 11) is 0. The van der Waals surface area contributed by atoms with Gasteiger partial charge in [-0.2, -0.15) is 5.10 Å². The van der Waals surface area contributed by atoms with Gasteiger partial charge in [0, 0.05) is 26.1 Å². The van der Waals surface area contributed by atoms with Gasteiger partial charge in [-0.05, 0) is 37.1 Å². The van der Waals surface area contributed by atoms with Crippen LogP contribution in [0.1, 0.15) is 30.0 Å². The van der Waals surface area contributed by atoms with Crippen LogP contribution >= 0.6 is 0 Å². The maximum absolute atomic E-state index is 6.06. The molecule has 0 radical (unpaired) electrons. The molecule has 3 heterocycles. The van der Waals surface area contributed by atoms with E-state index in [0.717, 1.165) is 31.4 Å². The molecule has 1 aliphatic heterocycles. The smallest absolute Gasteiger partial charge is 0.216 e. The topological polar surface area (TPSA) is 91.6 Å². The van der Waals surface area contributed by atoms with E-state index in [1.807, 2.05) is 12.1 Å². The highest BCUT2D eigenvalue weighted by molar-refractivity contribution is 5.80. The van der Waals surface area contributed by atoms with Gasteiger partial charge < -0.3 is 19.4 Å². The Hall–Kier alpha value is -3.13. The zero-order valence-electron chi connectivity index (χ0n) is 17.5. The summed E-state index contributed by atoms with van der Waals surface area (Å²) in [5.74, 6) is 2.93. The molecule has 8 nitrogen and oxygen atoms in total. The predicted molar refractivity (Wildman–Crippen MR) is 115 cm³/mol. The number of H-pyrrole nitrogens is 1. The number of nitrogens with zero attached hydrogens (tertiary/aromatic N) is 4. The Kier molecular flexibility index (Phi) is 6.44. The van der Waals surface area contributed by atoms with Gasteiger partial charge in [0.15, 0.2) is 11.7 Å². The first kappa shape index (κ1) is 20.2. The Morgan fingerprint density at radius 3 is 3.00 bits per heavy atom. The lowest BCUT2D eigenvalue weighted by Crippen LogP contribution is -2.48. The molecule has 0 spiro atoms. The van der Waals surface area contributed by atoms with Crippen LogP contribution in [-0.2, 0) is 11.2 Å². The lowest BCUT2D eigenvalue weighted by atomic mass is 10.0. The summed E-state index contributed by atoms with van der Waals surface area (Å²) in [5.41, 5.74) is 2.49. The van der Waals surface area contributed by atoms with E-state index in [-0.39, 0.29) is 6.10 Å². The number of hydrogen-bond acceptors (Lipinski definition) is 5. The first-order valence-corrected chi connectivity index (χ1v) is 10.4. The van der Waals surface area contributed by atoms with Crippen LogP contribution in [0.5, 0.6) is 0 Å². The molecular formula is C22H28N6O2. The summed E-state index contributed by atoms with van der Waals surface area (Å²) in [6.07, 6.45) is 2.34. The molecule has 1 aliphatic rings. The predicted octanol–water partition coefficient (Wildman–Crippen LogP) is 2.95. The Balaban J connectivity index is 1.40. The largest absolute Gasteiger partial charge is 0.461 e. The number of benzene rings is 1. The van der Waals surface area contributed by atoms with E-state index in [4.69, 9.17) is 14.1 Å². The number of nitrogens with one attached hydrogen (secondary N) is 2. The second-order valence-electron chi connectivity index (χ2n) is 7.23. The molecule has 0 aliphatic carbocycles. The highest BCUT2D eigenvalue weighted by atomic mass is 16.5. The molecule has 0 amide bonds. The summed E-state index contributed by atoms with van der Waals surface area (Å²) >= 11 is 0. The van der Waals surface area contributed by atoms with Crippen LogP contribution < -0.4 is 5.32 Å². The molecule has 1 aromatic carbocycles. The van der Waals surface area contributed by atoms with E-state index >= 15 is 0 Å². The van der Waals surface area contributed by atoms with Gasteiger partial charge >= 0.3 is 0 Å². The zero-order chi connectivity index (χ0) is 20.8. The molecule has 158 valence electrons. The van der Waals surface area contributed by atoms with Crippen molar-refractivity contribution in [3.8, 4) is 11.6 Å². The van der Waals surface area contributed by atoms with Crippen LogP contribution in [0.3, 0.4) is 0 Å². The van der Waals surface area contributed by atoms with Crippen LogP contribution in [-0.4, -0.2) is 58.8 Å². The van der Waals surface area contributed by atoms with Gasteiger partial charge in [-0.3, -0.25) is 10.1 Å². The summed E-state index contributed by atoms with van der Waals surface area (Å²) in [6, 6.07) is 12.1. The Morgan fingerprint density at radius 1 is 1.30 bits per heavy atom. The molecule has 1 unspecified atom stereocenters. The molecule has 1 saturated heterocycles. The Morgan fingerprint density at radius 2 is 2.20 bits per heavy atom. The van der Waals surface area contributed by atoms with E-state index in [0.29, 0.717) is 31.2 Å². The minimum absolute atomic E-state index is 0.0499. The number of rotatable bonds is 6. The summed E-state index contributed by atoms with van der Waals surface area (Å²) < 4.78 is 11.4. The molecule has 8 heteroatoms. The highest BCUT2D eigenvalue weighted by Crippen LogP contribution is 2.25. The van der Waals surface area contributed by atoms with Crippen LogP contribution in [0.15, 0.2) is 52.1 Å². The zero-order valence-corrected chi connectivity index (χ0v) is 17.5. The third-order valence-electron chi connectivity index (χ3n) is 5.12. The summed E-state index contributed by atoms with van der Waals surface area (Å²) in [6.45, 7) is 7.92. The number of furan rings is 1. The average molecular weight is 409 g/mol. The van der Waals surface area contributed by atoms with Crippen molar-refractivity contribution in [2.45, 2.75) is 26.4 Å². The number of aromatic amines is 1. The molecule has 0 bridgehead atoms. The first-order valence-electron chi connectivity index (χ1n) is 10.4. The van der Waals surface area contributed by atoms with Crippen LogP contribution in [0.4, 0.5) is 0 Å². The van der Waals surface area contributed by atoms with Gasteiger partial charge in [-0.15, -0.1) is 0 Å². The lowest BCUT2D eigenvalue weighted by Gasteiger charge is -2.35. The van der Waals surface area contributed by atoms with E-state index in [1.165, 1.54) is 11.1 Å². The van der Waals surface area contributed by atoms with Gasteiger partial charge in [0.05, 0.1) is 19.4 Å². The van der Waals surface area contributed by atoms with Gasteiger partial charge in [0.1, 0.15) is 11.9 Å². The lowest BCUT2D eigenvalue weighted by molar-refractivity contribution is -0.00832. The van der Waals surface area contributed by atoms with Crippen molar-refractivity contribution in [1.29, 1.82) is 0 Å². The van der Waals surface area contributed by atoms with Crippen LogP contribution in [0.25, 0.3) is 11.6 Å². The maximum atomic E-state index is 6.06. The van der Waals surface area contributed by atoms with E-state index in [1.54, 1.807) is 6.26 Å². The number of aryl methyl sites for hydroxylation is 1. The number of hydrogen-bond donors (Lipinski definition) is 2. The van der Waals surface area contributed by atoms with Crippen molar-refractivity contribution < 1.29 is 9.15 Å². The molecule has 2 N–H and O–H groups in total. The molecule has 1 fully saturated rings. The van der Waals surface area contributed by atoms with E-state index in [2.05, 4.69) is 63.5 Å². The summed E-state index contributed by atoms with van der Waals surface area (Å²) in [4.78, 5) is 11.6. The minimum Gasteiger partial charge on any atom is -0.461 e. The molecule has 30 heavy (non-hydrogen) atoms. The number of morpholine rings is 1. The fourth-order valence-electron chi connectivity index (χ4n) is 3.59. The monoisotopic (exact) mass is 408 g/mol. The molecule has 1 atom stereocenters. The van der Waals surface area contributed by atoms with Gasteiger partial charge in [-0.1, -0.05) is 24.3 Å². The molecule has 3 aromatic rings. The SMILES string of the molecule is CCNC(=NCCc1nc(-c2ccco2)n[nH]1)N1CCOC(c2ccccc2C)C1. The number of aromatic nitrogens is 3. The van der Waals surface area contributed by atoms with Crippen molar-refractivity contribution in [3.05, 3.63) is 59.6 Å².